The van der Waals surface area contributed by atoms with Crippen LogP contribution in [-0.2, 0) is 16.8 Å². The van der Waals surface area contributed by atoms with Crippen LogP contribution in [0.4, 0.5) is 0 Å². The third kappa shape index (κ3) is 4.28. The fraction of sp³-hybridized carbons (Fsp3) is 0.818. The zero-order valence-electron chi connectivity index (χ0n) is 10.7. The summed E-state index contributed by atoms with van der Waals surface area (Å²) in [6.07, 6.45) is 3.01. The monoisotopic (exact) mass is 226 g/mol. The van der Waals surface area contributed by atoms with Crippen molar-refractivity contribution >= 4 is 0 Å². The van der Waals surface area contributed by atoms with Crippen molar-refractivity contribution in [2.75, 3.05) is 20.3 Å². The van der Waals surface area contributed by atoms with E-state index in [1.54, 1.807) is 7.11 Å². The van der Waals surface area contributed by atoms with Crippen molar-refractivity contribution in [3.63, 3.8) is 0 Å². The number of hydrogen-bond donors (Lipinski definition) is 1. The van der Waals surface area contributed by atoms with E-state index in [0.717, 1.165) is 31.8 Å². The topological polar surface area (TPSA) is 52.0 Å². The molecular formula is C11H22N4O. The molecular weight excluding hydrogens is 204 g/mol. The molecule has 1 rings (SSSR count). The molecule has 16 heavy (non-hydrogen) atoms. The van der Waals surface area contributed by atoms with Crippen molar-refractivity contribution < 1.29 is 4.74 Å². The molecule has 0 radical (unpaired) electrons. The largest absolute Gasteiger partial charge is 0.385 e. The van der Waals surface area contributed by atoms with Gasteiger partial charge in [-0.3, -0.25) is 0 Å². The lowest BCUT2D eigenvalue weighted by molar-refractivity contribution is 0.194. The van der Waals surface area contributed by atoms with Gasteiger partial charge in [0, 0.05) is 20.3 Å². The Balaban J connectivity index is 2.30. The van der Waals surface area contributed by atoms with E-state index < -0.39 is 0 Å². The van der Waals surface area contributed by atoms with Gasteiger partial charge in [-0.25, -0.2) is 4.68 Å². The molecule has 0 bridgehead atoms. The molecule has 0 saturated carbocycles. The van der Waals surface area contributed by atoms with E-state index in [4.69, 9.17) is 4.74 Å². The minimum absolute atomic E-state index is 0.00129. The maximum absolute atomic E-state index is 4.97. The van der Waals surface area contributed by atoms with Crippen molar-refractivity contribution in [2.45, 2.75) is 39.3 Å². The predicted octanol–water partition coefficient (Wildman–Crippen LogP) is 1.16. The lowest BCUT2D eigenvalue weighted by Gasteiger charge is -2.17. The van der Waals surface area contributed by atoms with Gasteiger partial charge in [0.25, 0.3) is 0 Å². The number of nitrogens with zero attached hydrogens (tertiary/aromatic N) is 3. The molecule has 1 heterocycles. The van der Waals surface area contributed by atoms with Crippen LogP contribution < -0.4 is 5.32 Å². The van der Waals surface area contributed by atoms with Crippen molar-refractivity contribution in [3.8, 4) is 0 Å². The van der Waals surface area contributed by atoms with Gasteiger partial charge < -0.3 is 10.1 Å². The minimum atomic E-state index is 0.00129. The van der Waals surface area contributed by atoms with Gasteiger partial charge >= 0.3 is 0 Å². The highest BCUT2D eigenvalue weighted by Gasteiger charge is 2.14. The molecule has 0 aromatic carbocycles. The van der Waals surface area contributed by atoms with E-state index in [1.165, 1.54) is 0 Å². The van der Waals surface area contributed by atoms with Gasteiger partial charge in [-0.2, -0.15) is 0 Å². The third-order valence-corrected chi connectivity index (χ3v) is 2.24. The van der Waals surface area contributed by atoms with E-state index >= 15 is 0 Å². The number of methoxy groups -OCH3 is 1. The lowest BCUT2D eigenvalue weighted by atomic mass is 10.1. The average Bonchev–Trinajstić information content (AvgIpc) is 2.65. The Morgan fingerprint density at radius 2 is 2.19 bits per heavy atom. The molecule has 0 fully saturated rings. The standard InChI is InChI=1S/C11H22N4O/c1-11(2,3)15-9-10(13-14-15)8-12-6-5-7-16-4/h9,12H,5-8H2,1-4H3. The summed E-state index contributed by atoms with van der Waals surface area (Å²) in [6.45, 7) is 8.82. The normalized spacial score (nSPS) is 12.0. The Kier molecular flexibility index (Phi) is 4.89. The summed E-state index contributed by atoms with van der Waals surface area (Å²) in [5.41, 5.74) is 0.980. The van der Waals surface area contributed by atoms with Gasteiger partial charge in [0.05, 0.1) is 17.4 Å². The van der Waals surface area contributed by atoms with Gasteiger partial charge in [-0.05, 0) is 33.7 Å². The molecule has 1 aromatic rings. The summed E-state index contributed by atoms with van der Waals surface area (Å²) in [6, 6.07) is 0. The van der Waals surface area contributed by atoms with E-state index in [2.05, 4.69) is 36.4 Å². The molecule has 1 N–H and O–H groups in total. The van der Waals surface area contributed by atoms with Crippen LogP contribution in [0.15, 0.2) is 6.20 Å². The molecule has 0 aliphatic rings. The Labute approximate surface area is 97.2 Å². The van der Waals surface area contributed by atoms with Gasteiger partial charge in [-0.1, -0.05) is 5.21 Å². The van der Waals surface area contributed by atoms with E-state index in [0.29, 0.717) is 0 Å². The summed E-state index contributed by atoms with van der Waals surface area (Å²) in [5.74, 6) is 0. The molecule has 0 aliphatic carbocycles. The van der Waals surface area contributed by atoms with E-state index in [1.807, 2.05) is 10.9 Å². The first-order valence-electron chi connectivity index (χ1n) is 5.65. The Morgan fingerprint density at radius 3 is 2.75 bits per heavy atom. The highest BCUT2D eigenvalue weighted by atomic mass is 16.5. The van der Waals surface area contributed by atoms with Crippen molar-refractivity contribution in [1.29, 1.82) is 0 Å². The van der Waals surface area contributed by atoms with Gasteiger partial charge in [0.15, 0.2) is 0 Å². The molecule has 0 amide bonds. The fourth-order valence-corrected chi connectivity index (χ4v) is 1.27. The minimum Gasteiger partial charge on any atom is -0.385 e. The zero-order chi connectivity index (χ0) is 12.0. The maximum atomic E-state index is 4.97. The first-order valence-corrected chi connectivity index (χ1v) is 5.65. The zero-order valence-corrected chi connectivity index (χ0v) is 10.7. The van der Waals surface area contributed by atoms with Gasteiger partial charge in [0.2, 0.25) is 0 Å². The quantitative estimate of drug-likeness (QED) is 0.740. The van der Waals surface area contributed by atoms with E-state index in [9.17, 15) is 0 Å². The highest BCUT2D eigenvalue weighted by Crippen LogP contribution is 2.11. The second kappa shape index (κ2) is 5.96. The van der Waals surface area contributed by atoms with Gasteiger partial charge in [-0.15, -0.1) is 5.10 Å². The first-order chi connectivity index (χ1) is 7.54. The SMILES string of the molecule is COCCCNCc1cn(C(C)(C)C)nn1. The smallest absolute Gasteiger partial charge is 0.0965 e. The predicted molar refractivity (Wildman–Crippen MR) is 63.2 cm³/mol. The molecule has 0 atom stereocenters. The number of ether oxygens (including phenoxy) is 1. The molecule has 0 saturated heterocycles. The molecule has 92 valence electrons. The highest BCUT2D eigenvalue weighted by molar-refractivity contribution is 4.93. The lowest BCUT2D eigenvalue weighted by Crippen LogP contribution is -2.22. The van der Waals surface area contributed by atoms with Crippen molar-refractivity contribution in [1.82, 2.24) is 20.3 Å². The van der Waals surface area contributed by atoms with Crippen LogP contribution in [0.5, 0.6) is 0 Å². The number of nitrogens with one attached hydrogen (secondary N) is 1. The molecule has 5 heteroatoms. The second-order valence-corrected chi connectivity index (χ2v) is 4.85. The summed E-state index contributed by atoms with van der Waals surface area (Å²) in [7, 11) is 1.72. The van der Waals surface area contributed by atoms with Crippen LogP contribution in [-0.4, -0.2) is 35.3 Å². The molecule has 1 aromatic heterocycles. The average molecular weight is 226 g/mol. The summed E-state index contributed by atoms with van der Waals surface area (Å²) in [5, 5.41) is 11.5. The number of hydrogen-bond acceptors (Lipinski definition) is 4. The summed E-state index contributed by atoms with van der Waals surface area (Å²) in [4.78, 5) is 0. The van der Waals surface area contributed by atoms with Crippen LogP contribution in [0.3, 0.4) is 0 Å². The van der Waals surface area contributed by atoms with Crippen molar-refractivity contribution in [2.24, 2.45) is 0 Å². The maximum Gasteiger partial charge on any atom is 0.0965 e. The van der Waals surface area contributed by atoms with Gasteiger partial charge in [0.1, 0.15) is 0 Å². The third-order valence-electron chi connectivity index (χ3n) is 2.24. The Bertz CT molecular complexity index is 303. The number of aromatic nitrogens is 3. The van der Waals surface area contributed by atoms with Crippen LogP contribution in [0.1, 0.15) is 32.9 Å². The van der Waals surface area contributed by atoms with E-state index in [-0.39, 0.29) is 5.54 Å². The molecule has 0 aliphatic heterocycles. The molecule has 5 nitrogen and oxygen atoms in total. The molecule has 0 spiro atoms. The van der Waals surface area contributed by atoms with Crippen LogP contribution in [0.2, 0.25) is 0 Å². The Hall–Kier alpha value is -0.940. The Morgan fingerprint density at radius 1 is 1.44 bits per heavy atom. The summed E-state index contributed by atoms with van der Waals surface area (Å²) < 4.78 is 6.86. The van der Waals surface area contributed by atoms with Crippen LogP contribution in [0, 0.1) is 0 Å². The van der Waals surface area contributed by atoms with Crippen LogP contribution in [0.25, 0.3) is 0 Å². The summed E-state index contributed by atoms with van der Waals surface area (Å²) >= 11 is 0. The van der Waals surface area contributed by atoms with Crippen LogP contribution >= 0.6 is 0 Å². The molecule has 0 unspecified atom stereocenters. The second-order valence-electron chi connectivity index (χ2n) is 4.85. The fourth-order valence-electron chi connectivity index (χ4n) is 1.27. The van der Waals surface area contributed by atoms with Crippen molar-refractivity contribution in [3.05, 3.63) is 11.9 Å². The first kappa shape index (κ1) is 13.1. The number of rotatable bonds is 6.